The molecule has 1 nitrogen and oxygen atoms in total. The third-order valence-corrected chi connectivity index (χ3v) is 2.51. The largest absolute Gasteiger partial charge is 0.508 e. The Bertz CT molecular complexity index is 271. The monoisotopic (exact) mass is 198 g/mol. The van der Waals surface area contributed by atoms with Gasteiger partial charge in [0, 0.05) is 5.88 Å². The van der Waals surface area contributed by atoms with E-state index in [1.54, 1.807) is 12.1 Å². The van der Waals surface area contributed by atoms with Crippen molar-refractivity contribution in [3.05, 3.63) is 28.8 Å². The Morgan fingerprint density at radius 3 is 2.23 bits per heavy atom. The van der Waals surface area contributed by atoms with Crippen molar-refractivity contribution in [1.29, 1.82) is 0 Å². The van der Waals surface area contributed by atoms with E-state index in [1.807, 2.05) is 13.8 Å². The second kappa shape index (κ2) is 4.52. The van der Waals surface area contributed by atoms with E-state index < -0.39 is 0 Å². The van der Waals surface area contributed by atoms with Gasteiger partial charge in [-0.1, -0.05) is 0 Å². The summed E-state index contributed by atoms with van der Waals surface area (Å²) in [5, 5.41) is 9.32. The van der Waals surface area contributed by atoms with Crippen LogP contribution in [0.25, 0.3) is 0 Å². The standard InChI is InChI=1S/C11H15ClO/c1-8-6-10(13)7-9(2)11(8)4-3-5-12/h6-7,13H,3-5H2,1-2H3. The van der Waals surface area contributed by atoms with Crippen LogP contribution in [0.3, 0.4) is 0 Å². The van der Waals surface area contributed by atoms with Gasteiger partial charge in [-0.05, 0) is 55.5 Å². The van der Waals surface area contributed by atoms with E-state index in [0.717, 1.165) is 24.0 Å². The molecule has 1 aromatic carbocycles. The third kappa shape index (κ3) is 2.63. The average molecular weight is 199 g/mol. The summed E-state index contributed by atoms with van der Waals surface area (Å²) in [5.41, 5.74) is 3.63. The van der Waals surface area contributed by atoms with E-state index in [2.05, 4.69) is 0 Å². The summed E-state index contributed by atoms with van der Waals surface area (Å²) in [6.45, 7) is 4.05. The molecule has 0 saturated carbocycles. The van der Waals surface area contributed by atoms with Gasteiger partial charge in [0.15, 0.2) is 0 Å². The summed E-state index contributed by atoms with van der Waals surface area (Å²) in [7, 11) is 0. The summed E-state index contributed by atoms with van der Waals surface area (Å²) < 4.78 is 0. The van der Waals surface area contributed by atoms with Gasteiger partial charge in [-0.15, -0.1) is 11.6 Å². The van der Waals surface area contributed by atoms with Crippen LogP contribution < -0.4 is 0 Å². The summed E-state index contributed by atoms with van der Waals surface area (Å²) in [4.78, 5) is 0. The molecule has 1 aromatic rings. The molecule has 0 aliphatic heterocycles. The van der Waals surface area contributed by atoms with Gasteiger partial charge in [0.05, 0.1) is 0 Å². The molecule has 0 saturated heterocycles. The van der Waals surface area contributed by atoms with Crippen molar-refractivity contribution < 1.29 is 5.11 Å². The number of halogens is 1. The van der Waals surface area contributed by atoms with Crippen LogP contribution in [0.5, 0.6) is 5.75 Å². The molecule has 2 heteroatoms. The van der Waals surface area contributed by atoms with Gasteiger partial charge in [0.25, 0.3) is 0 Å². The lowest BCUT2D eigenvalue weighted by atomic mass is 9.98. The van der Waals surface area contributed by atoms with E-state index in [9.17, 15) is 5.11 Å². The van der Waals surface area contributed by atoms with Crippen molar-refractivity contribution in [3.8, 4) is 5.75 Å². The summed E-state index contributed by atoms with van der Waals surface area (Å²) in [5.74, 6) is 1.05. The van der Waals surface area contributed by atoms with Gasteiger partial charge in [0.1, 0.15) is 5.75 Å². The zero-order chi connectivity index (χ0) is 9.84. The molecule has 1 N–H and O–H groups in total. The van der Waals surface area contributed by atoms with Crippen molar-refractivity contribution in [1.82, 2.24) is 0 Å². The molecule has 0 bridgehead atoms. The highest BCUT2D eigenvalue weighted by molar-refractivity contribution is 6.17. The highest BCUT2D eigenvalue weighted by Crippen LogP contribution is 2.21. The van der Waals surface area contributed by atoms with Crippen LogP contribution >= 0.6 is 11.6 Å². The molecular formula is C11H15ClO. The fraction of sp³-hybridized carbons (Fsp3) is 0.455. The molecule has 0 radical (unpaired) electrons. The van der Waals surface area contributed by atoms with Crippen LogP contribution in [-0.2, 0) is 6.42 Å². The number of hydrogen-bond donors (Lipinski definition) is 1. The van der Waals surface area contributed by atoms with Crippen LogP contribution in [0.2, 0.25) is 0 Å². The maximum Gasteiger partial charge on any atom is 0.116 e. The predicted molar refractivity (Wildman–Crippen MR) is 56.6 cm³/mol. The molecule has 0 amide bonds. The molecule has 0 spiro atoms. The Labute approximate surface area is 84.4 Å². The highest BCUT2D eigenvalue weighted by atomic mass is 35.5. The SMILES string of the molecule is Cc1cc(O)cc(C)c1CCCCl. The summed E-state index contributed by atoms with van der Waals surface area (Å²) in [6, 6.07) is 3.60. The number of aromatic hydroxyl groups is 1. The van der Waals surface area contributed by atoms with Gasteiger partial charge >= 0.3 is 0 Å². The first kappa shape index (κ1) is 10.4. The van der Waals surface area contributed by atoms with Gasteiger partial charge in [-0.25, -0.2) is 0 Å². The number of aryl methyl sites for hydroxylation is 2. The molecule has 0 atom stereocenters. The number of hydrogen-bond acceptors (Lipinski definition) is 1. The minimum Gasteiger partial charge on any atom is -0.508 e. The van der Waals surface area contributed by atoms with E-state index in [4.69, 9.17) is 11.6 Å². The Hall–Kier alpha value is -0.690. The second-order valence-electron chi connectivity index (χ2n) is 3.35. The Morgan fingerprint density at radius 2 is 1.77 bits per heavy atom. The molecule has 0 heterocycles. The van der Waals surface area contributed by atoms with E-state index in [0.29, 0.717) is 11.6 Å². The van der Waals surface area contributed by atoms with E-state index >= 15 is 0 Å². The van der Waals surface area contributed by atoms with Crippen molar-refractivity contribution in [3.63, 3.8) is 0 Å². The second-order valence-corrected chi connectivity index (χ2v) is 3.73. The maximum atomic E-state index is 9.32. The number of alkyl halides is 1. The van der Waals surface area contributed by atoms with Gasteiger partial charge in [-0.2, -0.15) is 0 Å². The Balaban J connectivity index is 2.92. The van der Waals surface area contributed by atoms with Crippen molar-refractivity contribution in [2.75, 3.05) is 5.88 Å². The topological polar surface area (TPSA) is 20.2 Å². The molecule has 1 rings (SSSR count). The quantitative estimate of drug-likeness (QED) is 0.740. The first-order valence-electron chi connectivity index (χ1n) is 4.50. The van der Waals surface area contributed by atoms with Crippen LogP contribution in [0.15, 0.2) is 12.1 Å². The Kier molecular flexibility index (Phi) is 3.61. The van der Waals surface area contributed by atoms with Crippen LogP contribution in [-0.4, -0.2) is 11.0 Å². The van der Waals surface area contributed by atoms with Crippen molar-refractivity contribution in [2.45, 2.75) is 26.7 Å². The molecule has 0 aliphatic carbocycles. The molecule has 72 valence electrons. The minimum absolute atomic E-state index is 0.352. The third-order valence-electron chi connectivity index (χ3n) is 2.24. The number of rotatable bonds is 3. The molecule has 0 aromatic heterocycles. The number of phenols is 1. The molecular weight excluding hydrogens is 184 g/mol. The minimum atomic E-state index is 0.352. The van der Waals surface area contributed by atoms with E-state index in [1.165, 1.54) is 5.56 Å². The fourth-order valence-electron chi connectivity index (χ4n) is 1.61. The lowest BCUT2D eigenvalue weighted by Crippen LogP contribution is -1.94. The molecule has 0 unspecified atom stereocenters. The van der Waals surface area contributed by atoms with Crippen molar-refractivity contribution >= 4 is 11.6 Å². The smallest absolute Gasteiger partial charge is 0.116 e. The van der Waals surface area contributed by atoms with Gasteiger partial charge < -0.3 is 5.11 Å². The van der Waals surface area contributed by atoms with Crippen molar-refractivity contribution in [2.24, 2.45) is 0 Å². The highest BCUT2D eigenvalue weighted by Gasteiger charge is 2.03. The fourth-order valence-corrected chi connectivity index (χ4v) is 1.74. The van der Waals surface area contributed by atoms with Gasteiger partial charge in [0.2, 0.25) is 0 Å². The van der Waals surface area contributed by atoms with Crippen LogP contribution in [0.4, 0.5) is 0 Å². The van der Waals surface area contributed by atoms with Crippen LogP contribution in [0, 0.1) is 13.8 Å². The zero-order valence-electron chi connectivity index (χ0n) is 8.10. The molecule has 13 heavy (non-hydrogen) atoms. The first-order chi connectivity index (χ1) is 6.15. The zero-order valence-corrected chi connectivity index (χ0v) is 8.86. The normalized spacial score (nSPS) is 10.4. The van der Waals surface area contributed by atoms with E-state index in [-0.39, 0.29) is 0 Å². The summed E-state index contributed by atoms with van der Waals surface area (Å²) >= 11 is 5.64. The number of phenolic OH excluding ortho intramolecular Hbond substituents is 1. The van der Waals surface area contributed by atoms with Crippen LogP contribution in [0.1, 0.15) is 23.1 Å². The lowest BCUT2D eigenvalue weighted by Gasteiger charge is -2.09. The molecule has 0 fully saturated rings. The van der Waals surface area contributed by atoms with Gasteiger partial charge in [-0.3, -0.25) is 0 Å². The first-order valence-corrected chi connectivity index (χ1v) is 5.03. The predicted octanol–water partition coefficient (Wildman–Crippen LogP) is 3.18. The maximum absolute atomic E-state index is 9.32. The number of benzene rings is 1. The average Bonchev–Trinajstić information content (AvgIpc) is 2.02. The molecule has 0 aliphatic rings. The lowest BCUT2D eigenvalue weighted by molar-refractivity contribution is 0.474. The Morgan fingerprint density at radius 1 is 1.23 bits per heavy atom. The summed E-state index contributed by atoms with van der Waals surface area (Å²) in [6.07, 6.45) is 2.00.